The van der Waals surface area contributed by atoms with Gasteiger partial charge in [-0.05, 0) is 46.2 Å². The van der Waals surface area contributed by atoms with E-state index in [4.69, 9.17) is 0 Å². The van der Waals surface area contributed by atoms with Gasteiger partial charge in [0.2, 0.25) is 0 Å². The highest BCUT2D eigenvalue weighted by molar-refractivity contribution is 5.95. The van der Waals surface area contributed by atoms with Crippen LogP contribution < -0.4 is 0 Å². The maximum Gasteiger partial charge on any atom is -0.00106 e. The average Bonchev–Trinajstić information content (AvgIpc) is 2.52. The molecule has 0 spiro atoms. The lowest BCUT2D eigenvalue weighted by molar-refractivity contribution is 1.48. The molecular formula is C10H6. The van der Waals surface area contributed by atoms with E-state index >= 15 is 0 Å². The van der Waals surface area contributed by atoms with Gasteiger partial charge in [0.05, 0.1) is 0 Å². The summed E-state index contributed by atoms with van der Waals surface area (Å²) in [7, 11) is 0. The van der Waals surface area contributed by atoms with Crippen LogP contribution in [0.4, 0.5) is 0 Å². The smallest absolute Gasteiger partial charge is 0.00106 e. The third-order valence-electron chi connectivity index (χ3n) is 2.91. The van der Waals surface area contributed by atoms with E-state index in [-0.39, 0.29) is 0 Å². The van der Waals surface area contributed by atoms with Crippen molar-refractivity contribution in [1.29, 1.82) is 0 Å². The van der Waals surface area contributed by atoms with Crippen molar-refractivity contribution in [2.24, 2.45) is 0 Å². The van der Waals surface area contributed by atoms with Crippen molar-refractivity contribution >= 4 is 12.2 Å². The first-order chi connectivity index (χ1) is 4.95. The van der Waals surface area contributed by atoms with Crippen LogP contribution in [-0.4, -0.2) is 0 Å². The predicted octanol–water partition coefficient (Wildman–Crippen LogP) is 1.98. The molecule has 0 N–H and O–H groups in total. The highest BCUT2D eigenvalue weighted by Crippen LogP contribution is 2.52. The number of hydrogen-bond acceptors (Lipinski definition) is 0. The third-order valence-corrected chi connectivity index (χ3v) is 2.91. The molecule has 0 nitrogen and oxygen atoms in total. The highest BCUT2D eigenvalue weighted by Gasteiger charge is 2.38. The van der Waals surface area contributed by atoms with Gasteiger partial charge in [-0.3, -0.25) is 0 Å². The van der Waals surface area contributed by atoms with Crippen molar-refractivity contribution in [3.8, 4) is 0 Å². The second-order valence-corrected chi connectivity index (χ2v) is 3.43. The lowest BCUT2D eigenvalue weighted by Gasteiger charge is -2.07. The maximum absolute atomic E-state index is 2.26. The first-order valence-corrected chi connectivity index (χ1v) is 3.82. The van der Waals surface area contributed by atoms with Crippen LogP contribution in [0.3, 0.4) is 0 Å². The predicted molar refractivity (Wildman–Crippen MR) is 41.0 cm³/mol. The van der Waals surface area contributed by atoms with E-state index in [1.165, 1.54) is 12.8 Å². The largest absolute Gasteiger partial charge is 0.0534 e. The van der Waals surface area contributed by atoms with Gasteiger partial charge in [0.1, 0.15) is 0 Å². The van der Waals surface area contributed by atoms with Crippen molar-refractivity contribution < 1.29 is 0 Å². The second kappa shape index (κ2) is 0.878. The SMILES string of the molecule is C1=Cc2c1c1c(c3c2C3)C1. The van der Waals surface area contributed by atoms with Crippen molar-refractivity contribution in [3.05, 3.63) is 33.4 Å². The molecule has 1 aromatic rings. The van der Waals surface area contributed by atoms with E-state index in [2.05, 4.69) is 12.2 Å². The standard InChI is InChI=1S/C10H6/c1-2-6-5(1)7-3-9(7)10-4-8(6)10/h1-2H,3-4H2. The fraction of sp³-hybridized carbons (Fsp3) is 0.200. The summed E-state index contributed by atoms with van der Waals surface area (Å²) in [6.45, 7) is 0. The molecule has 46 valence electrons. The van der Waals surface area contributed by atoms with Gasteiger partial charge >= 0.3 is 0 Å². The molecule has 3 aliphatic rings. The van der Waals surface area contributed by atoms with E-state index in [9.17, 15) is 0 Å². The quantitative estimate of drug-likeness (QED) is 0.338. The van der Waals surface area contributed by atoms with Gasteiger partial charge in [0.15, 0.2) is 0 Å². The van der Waals surface area contributed by atoms with E-state index in [1.54, 1.807) is 33.4 Å². The normalized spacial score (nSPS) is 18.8. The topological polar surface area (TPSA) is 0 Å². The minimum atomic E-state index is 1.31. The van der Waals surface area contributed by atoms with Gasteiger partial charge in [-0.25, -0.2) is 0 Å². The van der Waals surface area contributed by atoms with Gasteiger partial charge in [-0.2, -0.15) is 0 Å². The molecule has 0 unspecified atom stereocenters. The number of rotatable bonds is 0. The van der Waals surface area contributed by atoms with Gasteiger partial charge in [0, 0.05) is 0 Å². The number of benzene rings is 1. The van der Waals surface area contributed by atoms with Crippen LogP contribution in [-0.2, 0) is 12.8 Å². The summed E-state index contributed by atoms with van der Waals surface area (Å²) in [6, 6.07) is 0. The van der Waals surface area contributed by atoms with E-state index in [1.807, 2.05) is 0 Å². The summed E-state index contributed by atoms with van der Waals surface area (Å²) in [5.74, 6) is 0. The Balaban J connectivity index is 2.34. The molecule has 1 aromatic carbocycles. The molecular weight excluding hydrogens is 120 g/mol. The van der Waals surface area contributed by atoms with Crippen LogP contribution in [0.2, 0.25) is 0 Å². The summed E-state index contributed by atoms with van der Waals surface area (Å²) in [5.41, 5.74) is 9.86. The minimum absolute atomic E-state index is 1.31. The molecule has 0 fully saturated rings. The molecule has 0 aliphatic heterocycles. The second-order valence-electron chi connectivity index (χ2n) is 3.43. The highest BCUT2D eigenvalue weighted by atomic mass is 14.4. The zero-order valence-electron chi connectivity index (χ0n) is 5.57. The molecule has 0 saturated heterocycles. The molecule has 0 heteroatoms. The fourth-order valence-electron chi connectivity index (χ4n) is 2.13. The Hall–Kier alpha value is -1.04. The Kier molecular flexibility index (Phi) is 0.348. The summed E-state index contributed by atoms with van der Waals surface area (Å²) < 4.78 is 0. The Morgan fingerprint density at radius 3 is 1.60 bits per heavy atom. The molecule has 3 aliphatic carbocycles. The van der Waals surface area contributed by atoms with E-state index in [0.717, 1.165) is 0 Å². The first-order valence-electron chi connectivity index (χ1n) is 3.82. The number of fused-ring (bicyclic) bond motifs is 6. The number of hydrogen-bond donors (Lipinski definition) is 0. The molecule has 4 rings (SSSR count). The van der Waals surface area contributed by atoms with E-state index in [0.29, 0.717) is 0 Å². The first kappa shape index (κ1) is 3.97. The molecule has 0 saturated carbocycles. The summed E-state index contributed by atoms with van der Waals surface area (Å²) >= 11 is 0. The lowest BCUT2D eigenvalue weighted by atomic mass is 9.97. The Morgan fingerprint density at radius 1 is 0.700 bits per heavy atom. The van der Waals surface area contributed by atoms with Crippen molar-refractivity contribution in [2.45, 2.75) is 12.8 Å². The van der Waals surface area contributed by atoms with Crippen LogP contribution >= 0.6 is 0 Å². The molecule has 10 heavy (non-hydrogen) atoms. The summed E-state index contributed by atoms with van der Waals surface area (Å²) in [4.78, 5) is 0. The van der Waals surface area contributed by atoms with Gasteiger partial charge < -0.3 is 0 Å². The van der Waals surface area contributed by atoms with Gasteiger partial charge in [0.25, 0.3) is 0 Å². The average molecular weight is 126 g/mol. The van der Waals surface area contributed by atoms with Crippen molar-refractivity contribution in [2.75, 3.05) is 0 Å². The molecule has 0 amide bonds. The molecule has 0 aromatic heterocycles. The Bertz CT molecular complexity index is 370. The van der Waals surface area contributed by atoms with Gasteiger partial charge in [-0.1, -0.05) is 12.2 Å². The van der Waals surface area contributed by atoms with E-state index < -0.39 is 0 Å². The van der Waals surface area contributed by atoms with Crippen molar-refractivity contribution in [1.82, 2.24) is 0 Å². The van der Waals surface area contributed by atoms with Crippen molar-refractivity contribution in [3.63, 3.8) is 0 Å². The molecule has 0 radical (unpaired) electrons. The fourth-order valence-corrected chi connectivity index (χ4v) is 2.13. The monoisotopic (exact) mass is 126 g/mol. The third kappa shape index (κ3) is 0.242. The molecule has 0 heterocycles. The zero-order chi connectivity index (χ0) is 6.29. The van der Waals surface area contributed by atoms with Crippen LogP contribution in [0, 0.1) is 0 Å². The summed E-state index contributed by atoms with van der Waals surface area (Å²) in [6.07, 6.45) is 7.14. The van der Waals surface area contributed by atoms with Crippen LogP contribution in [0.25, 0.3) is 12.2 Å². The Labute approximate surface area is 59.2 Å². The molecule has 0 bridgehead atoms. The van der Waals surface area contributed by atoms with Crippen LogP contribution in [0.15, 0.2) is 0 Å². The zero-order valence-corrected chi connectivity index (χ0v) is 5.57. The van der Waals surface area contributed by atoms with Gasteiger partial charge in [-0.15, -0.1) is 0 Å². The van der Waals surface area contributed by atoms with Crippen LogP contribution in [0.1, 0.15) is 33.4 Å². The minimum Gasteiger partial charge on any atom is -0.0534 e. The molecule has 0 atom stereocenters. The lowest BCUT2D eigenvalue weighted by Crippen LogP contribution is -1.87. The summed E-state index contributed by atoms with van der Waals surface area (Å²) in [5, 5.41) is 0. The Morgan fingerprint density at radius 2 is 1.20 bits per heavy atom. The van der Waals surface area contributed by atoms with Crippen LogP contribution in [0.5, 0.6) is 0 Å². The maximum atomic E-state index is 2.26.